The Kier molecular flexibility index (Phi) is 1.76. The summed E-state index contributed by atoms with van der Waals surface area (Å²) >= 11 is 0. The van der Waals surface area contributed by atoms with Crippen LogP contribution in [0.4, 0.5) is 8.78 Å². The van der Waals surface area contributed by atoms with Crippen molar-refractivity contribution in [2.45, 2.75) is 6.92 Å². The molecule has 0 aliphatic heterocycles. The fraction of sp³-hybridized carbons (Fsp3) is 0.0909. The third-order valence-electron chi connectivity index (χ3n) is 2.16. The van der Waals surface area contributed by atoms with Crippen LogP contribution < -0.4 is 0 Å². The van der Waals surface area contributed by atoms with Crippen molar-refractivity contribution in [3.8, 4) is 0 Å². The van der Waals surface area contributed by atoms with E-state index in [1.807, 2.05) is 6.92 Å². The Hall–Kier alpha value is -1.44. The van der Waals surface area contributed by atoms with Crippen molar-refractivity contribution < 1.29 is 8.78 Å². The molecule has 0 saturated carbocycles. The third-order valence-corrected chi connectivity index (χ3v) is 2.16. The highest BCUT2D eigenvalue weighted by Gasteiger charge is 2.06. The minimum Gasteiger partial charge on any atom is -0.206 e. The van der Waals surface area contributed by atoms with Gasteiger partial charge in [0.2, 0.25) is 0 Å². The lowest BCUT2D eigenvalue weighted by Gasteiger charge is -2.03. The molecule has 0 radical (unpaired) electrons. The van der Waals surface area contributed by atoms with E-state index in [0.29, 0.717) is 5.39 Å². The van der Waals surface area contributed by atoms with Crippen LogP contribution in [0.5, 0.6) is 0 Å². The molecule has 0 atom stereocenters. The average Bonchev–Trinajstić information content (AvgIpc) is 2.12. The highest BCUT2D eigenvalue weighted by Crippen LogP contribution is 2.23. The van der Waals surface area contributed by atoms with Crippen molar-refractivity contribution in [1.82, 2.24) is 0 Å². The van der Waals surface area contributed by atoms with E-state index in [4.69, 9.17) is 0 Å². The lowest BCUT2D eigenvalue weighted by molar-refractivity contribution is 0.608. The summed E-state index contributed by atoms with van der Waals surface area (Å²) in [4.78, 5) is 0. The summed E-state index contributed by atoms with van der Waals surface area (Å²) in [6.07, 6.45) is 0. The Bertz CT molecular complexity index is 453. The minimum absolute atomic E-state index is 0.0856. The van der Waals surface area contributed by atoms with Gasteiger partial charge in [0.1, 0.15) is 11.6 Å². The lowest BCUT2D eigenvalue weighted by Crippen LogP contribution is -1.86. The van der Waals surface area contributed by atoms with Gasteiger partial charge in [-0.3, -0.25) is 0 Å². The summed E-state index contributed by atoms with van der Waals surface area (Å²) in [7, 11) is 0. The summed E-state index contributed by atoms with van der Waals surface area (Å²) in [6, 6.07) is 7.52. The maximum atomic E-state index is 13.2. The molecule has 0 saturated heterocycles. The van der Waals surface area contributed by atoms with Gasteiger partial charge < -0.3 is 0 Å². The van der Waals surface area contributed by atoms with Crippen molar-refractivity contribution >= 4 is 10.8 Å². The van der Waals surface area contributed by atoms with Gasteiger partial charge in [0.05, 0.1) is 5.39 Å². The second-order valence-corrected chi connectivity index (χ2v) is 3.03. The van der Waals surface area contributed by atoms with E-state index < -0.39 is 11.6 Å². The maximum Gasteiger partial charge on any atom is 0.133 e. The Morgan fingerprint density at radius 1 is 0.923 bits per heavy atom. The summed E-state index contributed by atoms with van der Waals surface area (Å²) in [5.74, 6) is -1.00. The van der Waals surface area contributed by atoms with Crippen molar-refractivity contribution in [1.29, 1.82) is 0 Å². The maximum absolute atomic E-state index is 13.2. The molecule has 0 aliphatic carbocycles. The van der Waals surface area contributed by atoms with E-state index in [0.717, 1.165) is 5.56 Å². The van der Waals surface area contributed by atoms with Crippen LogP contribution in [0.25, 0.3) is 10.8 Å². The van der Waals surface area contributed by atoms with E-state index in [9.17, 15) is 8.78 Å². The lowest BCUT2D eigenvalue weighted by atomic mass is 10.0. The minimum atomic E-state index is -0.501. The van der Waals surface area contributed by atoms with Gasteiger partial charge in [-0.1, -0.05) is 18.2 Å². The van der Waals surface area contributed by atoms with Gasteiger partial charge in [0.15, 0.2) is 0 Å². The summed E-state index contributed by atoms with van der Waals surface area (Å²) < 4.78 is 26.4. The number of benzene rings is 2. The SMILES string of the molecule is Cc1ccc(F)c2c(F)cccc12. The first kappa shape index (κ1) is 8.17. The molecule has 2 aromatic carbocycles. The first-order valence-electron chi connectivity index (χ1n) is 4.03. The van der Waals surface area contributed by atoms with Crippen LogP contribution in [0.15, 0.2) is 30.3 Å². The number of rotatable bonds is 0. The Morgan fingerprint density at radius 2 is 1.62 bits per heavy atom. The van der Waals surface area contributed by atoms with E-state index in [1.165, 1.54) is 12.1 Å². The summed E-state index contributed by atoms with van der Waals surface area (Å²) in [5.41, 5.74) is 0.885. The van der Waals surface area contributed by atoms with Crippen LogP contribution in [0, 0.1) is 18.6 Å². The zero-order valence-electron chi connectivity index (χ0n) is 7.14. The van der Waals surface area contributed by atoms with Crippen molar-refractivity contribution in [2.75, 3.05) is 0 Å². The molecule has 0 heterocycles. The van der Waals surface area contributed by atoms with Gasteiger partial charge in [-0.2, -0.15) is 0 Å². The van der Waals surface area contributed by atoms with Crippen LogP contribution in [0.3, 0.4) is 0 Å². The summed E-state index contributed by atoms with van der Waals surface area (Å²) in [6.45, 7) is 1.83. The molecule has 2 aromatic rings. The number of halogens is 2. The molecule has 2 heteroatoms. The second kappa shape index (κ2) is 2.80. The summed E-state index contributed by atoms with van der Waals surface area (Å²) in [5, 5.41) is 0.725. The molecular weight excluding hydrogens is 170 g/mol. The number of aryl methyl sites for hydroxylation is 1. The van der Waals surface area contributed by atoms with Crippen molar-refractivity contribution in [2.24, 2.45) is 0 Å². The predicted molar refractivity (Wildman–Crippen MR) is 48.6 cm³/mol. The van der Waals surface area contributed by atoms with Crippen LogP contribution in [-0.4, -0.2) is 0 Å². The topological polar surface area (TPSA) is 0 Å². The zero-order chi connectivity index (χ0) is 9.42. The van der Waals surface area contributed by atoms with Crippen LogP contribution in [0.2, 0.25) is 0 Å². The van der Waals surface area contributed by atoms with E-state index in [2.05, 4.69) is 0 Å². The molecule has 0 nitrogen and oxygen atoms in total. The molecule has 13 heavy (non-hydrogen) atoms. The standard InChI is InChI=1S/C11H8F2/c1-7-5-6-10(13)11-8(7)3-2-4-9(11)12/h2-6H,1H3. The number of hydrogen-bond acceptors (Lipinski definition) is 0. The van der Waals surface area contributed by atoms with Crippen molar-refractivity contribution in [3.05, 3.63) is 47.5 Å². The quantitative estimate of drug-likeness (QED) is 0.579. The molecule has 0 fully saturated rings. The van der Waals surface area contributed by atoms with E-state index >= 15 is 0 Å². The Morgan fingerprint density at radius 3 is 2.31 bits per heavy atom. The van der Waals surface area contributed by atoms with E-state index in [-0.39, 0.29) is 5.39 Å². The first-order valence-corrected chi connectivity index (χ1v) is 4.03. The predicted octanol–water partition coefficient (Wildman–Crippen LogP) is 3.43. The van der Waals surface area contributed by atoms with E-state index in [1.54, 1.807) is 18.2 Å². The third kappa shape index (κ3) is 1.18. The monoisotopic (exact) mass is 178 g/mol. The van der Waals surface area contributed by atoms with Gasteiger partial charge in [-0.05, 0) is 30.0 Å². The van der Waals surface area contributed by atoms with Gasteiger partial charge in [0, 0.05) is 0 Å². The molecular formula is C11H8F2. The second-order valence-electron chi connectivity index (χ2n) is 3.03. The molecule has 0 bridgehead atoms. The zero-order valence-corrected chi connectivity index (χ0v) is 7.14. The molecule has 2 rings (SSSR count). The molecule has 0 aliphatic rings. The van der Waals surface area contributed by atoms with Gasteiger partial charge in [0.25, 0.3) is 0 Å². The van der Waals surface area contributed by atoms with Gasteiger partial charge in [-0.15, -0.1) is 0 Å². The molecule has 0 aromatic heterocycles. The fourth-order valence-corrected chi connectivity index (χ4v) is 1.47. The molecule has 0 spiro atoms. The Balaban J connectivity index is 3.00. The van der Waals surface area contributed by atoms with Crippen molar-refractivity contribution in [3.63, 3.8) is 0 Å². The normalized spacial score (nSPS) is 10.7. The molecule has 0 unspecified atom stereocenters. The Labute approximate surface area is 74.8 Å². The molecule has 0 N–H and O–H groups in total. The highest BCUT2D eigenvalue weighted by molar-refractivity contribution is 5.86. The highest BCUT2D eigenvalue weighted by atomic mass is 19.1. The first-order chi connectivity index (χ1) is 6.20. The van der Waals surface area contributed by atoms with Crippen LogP contribution >= 0.6 is 0 Å². The average molecular weight is 178 g/mol. The van der Waals surface area contributed by atoms with Gasteiger partial charge >= 0.3 is 0 Å². The van der Waals surface area contributed by atoms with Crippen LogP contribution in [0.1, 0.15) is 5.56 Å². The smallest absolute Gasteiger partial charge is 0.133 e. The molecule has 0 amide bonds. The number of fused-ring (bicyclic) bond motifs is 1. The van der Waals surface area contributed by atoms with Crippen LogP contribution in [-0.2, 0) is 0 Å². The largest absolute Gasteiger partial charge is 0.206 e. The fourth-order valence-electron chi connectivity index (χ4n) is 1.47. The molecule has 66 valence electrons. The number of hydrogen-bond donors (Lipinski definition) is 0. The van der Waals surface area contributed by atoms with Gasteiger partial charge in [-0.25, -0.2) is 8.78 Å².